The fourth-order valence-corrected chi connectivity index (χ4v) is 3.49. The number of rotatable bonds is 4. The van der Waals surface area contributed by atoms with Crippen LogP contribution in [-0.4, -0.2) is 35.1 Å². The Bertz CT molecular complexity index is 674. The Labute approximate surface area is 136 Å². The summed E-state index contributed by atoms with van der Waals surface area (Å²) in [6, 6.07) is 20.2. The molecule has 2 aliphatic heterocycles. The molecule has 0 aromatic heterocycles. The predicted octanol–water partition coefficient (Wildman–Crippen LogP) is 2.46. The van der Waals surface area contributed by atoms with Crippen molar-refractivity contribution in [1.29, 1.82) is 0 Å². The summed E-state index contributed by atoms with van der Waals surface area (Å²) in [6.45, 7) is 2.76. The molecule has 2 saturated heterocycles. The number of carbonyl (C=O) groups is 1. The van der Waals surface area contributed by atoms with Crippen LogP contribution >= 0.6 is 0 Å². The quantitative estimate of drug-likeness (QED) is 0.870. The molecule has 2 aromatic rings. The third kappa shape index (κ3) is 2.87. The molecule has 0 spiro atoms. The summed E-state index contributed by atoms with van der Waals surface area (Å²) in [5.74, 6) is 0.460. The highest BCUT2D eigenvalue weighted by molar-refractivity contribution is 5.84. The molecule has 4 nitrogen and oxygen atoms in total. The zero-order chi connectivity index (χ0) is 15.6. The second kappa shape index (κ2) is 6.14. The van der Waals surface area contributed by atoms with Crippen LogP contribution in [0.15, 0.2) is 60.7 Å². The van der Waals surface area contributed by atoms with E-state index >= 15 is 0 Å². The van der Waals surface area contributed by atoms with Gasteiger partial charge >= 0.3 is 0 Å². The number of carbonyl (C=O) groups excluding carboxylic acids is 1. The van der Waals surface area contributed by atoms with Gasteiger partial charge in [-0.25, -0.2) is 0 Å². The summed E-state index contributed by atoms with van der Waals surface area (Å²) in [6.07, 6.45) is 0. The highest BCUT2D eigenvalue weighted by Gasteiger charge is 2.48. The molecule has 4 rings (SSSR count). The lowest BCUT2D eigenvalue weighted by atomic mass is 10.1. The maximum absolute atomic E-state index is 12.8. The molecule has 0 saturated carbocycles. The Hall–Kier alpha value is -2.17. The van der Waals surface area contributed by atoms with Crippen LogP contribution in [0, 0.1) is 5.92 Å². The first kappa shape index (κ1) is 14.4. The maximum atomic E-state index is 12.8. The standard InChI is InChI=1S/C19H20N2O2/c22-19-18-17(13-20(19)11-15-7-3-1-4-8-15)14-23-21(18)12-16-9-5-2-6-10-16/h1-10,17-18H,11-14H2. The van der Waals surface area contributed by atoms with Gasteiger partial charge in [-0.05, 0) is 11.1 Å². The second-order valence-electron chi connectivity index (χ2n) is 6.27. The van der Waals surface area contributed by atoms with E-state index in [1.807, 2.05) is 46.4 Å². The van der Waals surface area contributed by atoms with Crippen molar-refractivity contribution >= 4 is 5.91 Å². The first-order valence-electron chi connectivity index (χ1n) is 8.07. The van der Waals surface area contributed by atoms with Gasteiger partial charge in [-0.2, -0.15) is 5.06 Å². The van der Waals surface area contributed by atoms with Crippen LogP contribution in [0.5, 0.6) is 0 Å². The van der Waals surface area contributed by atoms with Crippen molar-refractivity contribution in [2.45, 2.75) is 19.1 Å². The van der Waals surface area contributed by atoms with Gasteiger partial charge in [0.25, 0.3) is 0 Å². The number of amides is 1. The van der Waals surface area contributed by atoms with Crippen LogP contribution < -0.4 is 0 Å². The molecular formula is C19H20N2O2. The normalized spacial score (nSPS) is 24.2. The van der Waals surface area contributed by atoms with Gasteiger partial charge < -0.3 is 4.90 Å². The van der Waals surface area contributed by atoms with Gasteiger partial charge in [-0.1, -0.05) is 60.7 Å². The van der Waals surface area contributed by atoms with E-state index in [9.17, 15) is 4.79 Å². The van der Waals surface area contributed by atoms with E-state index in [0.29, 0.717) is 19.7 Å². The number of hydrogen-bond donors (Lipinski definition) is 0. The van der Waals surface area contributed by atoms with Crippen molar-refractivity contribution in [3.63, 3.8) is 0 Å². The third-order valence-electron chi connectivity index (χ3n) is 4.63. The van der Waals surface area contributed by atoms with Gasteiger partial charge in [0.1, 0.15) is 6.04 Å². The molecule has 2 atom stereocenters. The van der Waals surface area contributed by atoms with Crippen LogP contribution in [0.2, 0.25) is 0 Å². The van der Waals surface area contributed by atoms with Gasteiger partial charge in [0.15, 0.2) is 0 Å². The summed E-state index contributed by atoms with van der Waals surface area (Å²) in [7, 11) is 0. The maximum Gasteiger partial charge on any atom is 0.243 e. The van der Waals surface area contributed by atoms with Crippen molar-refractivity contribution in [3.8, 4) is 0 Å². The lowest BCUT2D eigenvalue weighted by Gasteiger charge is -2.23. The average Bonchev–Trinajstić information content (AvgIpc) is 3.11. The molecule has 118 valence electrons. The summed E-state index contributed by atoms with van der Waals surface area (Å²) >= 11 is 0. The first-order chi connectivity index (χ1) is 11.3. The zero-order valence-electron chi connectivity index (χ0n) is 13.0. The van der Waals surface area contributed by atoms with Gasteiger partial charge in [-0.3, -0.25) is 9.63 Å². The van der Waals surface area contributed by atoms with E-state index in [-0.39, 0.29) is 17.9 Å². The van der Waals surface area contributed by atoms with Crippen LogP contribution in [-0.2, 0) is 22.7 Å². The summed E-state index contributed by atoms with van der Waals surface area (Å²) in [4.78, 5) is 20.5. The Morgan fingerprint density at radius 2 is 1.52 bits per heavy atom. The van der Waals surface area contributed by atoms with Crippen LogP contribution in [0.25, 0.3) is 0 Å². The topological polar surface area (TPSA) is 32.8 Å². The van der Waals surface area contributed by atoms with Gasteiger partial charge in [0.05, 0.1) is 6.61 Å². The van der Waals surface area contributed by atoms with Crippen LogP contribution in [0.3, 0.4) is 0 Å². The SMILES string of the molecule is O=C1C2C(CON2Cc2ccccc2)CN1Cc1ccccc1. The molecule has 1 amide bonds. The molecule has 0 radical (unpaired) electrons. The molecule has 4 heteroatoms. The van der Waals surface area contributed by atoms with Gasteiger partial charge in [0.2, 0.25) is 5.91 Å². The minimum Gasteiger partial charge on any atom is -0.336 e. The monoisotopic (exact) mass is 308 g/mol. The molecule has 2 fully saturated rings. The van der Waals surface area contributed by atoms with E-state index in [1.54, 1.807) is 0 Å². The molecule has 23 heavy (non-hydrogen) atoms. The third-order valence-corrected chi connectivity index (χ3v) is 4.63. The Morgan fingerprint density at radius 1 is 0.913 bits per heavy atom. The summed E-state index contributed by atoms with van der Waals surface area (Å²) < 4.78 is 0. The lowest BCUT2D eigenvalue weighted by Crippen LogP contribution is -2.38. The summed E-state index contributed by atoms with van der Waals surface area (Å²) in [5.41, 5.74) is 2.35. The molecule has 2 aromatic carbocycles. The molecule has 0 aliphatic carbocycles. The van der Waals surface area contributed by atoms with Crippen molar-refractivity contribution in [2.24, 2.45) is 5.92 Å². The number of likely N-dealkylation sites (tertiary alicyclic amines) is 1. The van der Waals surface area contributed by atoms with Gasteiger partial charge in [0, 0.05) is 25.6 Å². The van der Waals surface area contributed by atoms with Crippen molar-refractivity contribution in [3.05, 3.63) is 71.8 Å². The number of hydroxylamine groups is 2. The van der Waals surface area contributed by atoms with E-state index in [2.05, 4.69) is 24.3 Å². The number of benzene rings is 2. The average molecular weight is 308 g/mol. The zero-order valence-corrected chi connectivity index (χ0v) is 13.0. The largest absolute Gasteiger partial charge is 0.336 e. The minimum atomic E-state index is -0.140. The van der Waals surface area contributed by atoms with E-state index in [4.69, 9.17) is 4.84 Å². The Kier molecular flexibility index (Phi) is 3.85. The molecular weight excluding hydrogens is 288 g/mol. The summed E-state index contributed by atoms with van der Waals surface area (Å²) in [5, 5.41) is 1.87. The molecule has 0 bridgehead atoms. The molecule has 2 heterocycles. The number of fused-ring (bicyclic) bond motifs is 1. The van der Waals surface area contributed by atoms with Crippen molar-refractivity contribution in [2.75, 3.05) is 13.2 Å². The van der Waals surface area contributed by atoms with E-state index in [0.717, 1.165) is 6.54 Å². The highest BCUT2D eigenvalue weighted by Crippen LogP contribution is 2.32. The molecule has 2 unspecified atom stereocenters. The highest BCUT2D eigenvalue weighted by atomic mass is 16.7. The first-order valence-corrected chi connectivity index (χ1v) is 8.07. The fraction of sp³-hybridized carbons (Fsp3) is 0.316. The van der Waals surface area contributed by atoms with Crippen molar-refractivity contribution in [1.82, 2.24) is 9.96 Å². The smallest absolute Gasteiger partial charge is 0.243 e. The number of hydrogen-bond acceptors (Lipinski definition) is 3. The van der Waals surface area contributed by atoms with Crippen LogP contribution in [0.4, 0.5) is 0 Å². The Balaban J connectivity index is 1.46. The minimum absolute atomic E-state index is 0.140. The molecule has 2 aliphatic rings. The fourth-order valence-electron chi connectivity index (χ4n) is 3.49. The number of nitrogens with zero attached hydrogens (tertiary/aromatic N) is 2. The Morgan fingerprint density at radius 3 is 2.17 bits per heavy atom. The molecule has 0 N–H and O–H groups in total. The van der Waals surface area contributed by atoms with E-state index in [1.165, 1.54) is 11.1 Å². The predicted molar refractivity (Wildman–Crippen MR) is 87.1 cm³/mol. The van der Waals surface area contributed by atoms with Crippen LogP contribution in [0.1, 0.15) is 11.1 Å². The van der Waals surface area contributed by atoms with Crippen molar-refractivity contribution < 1.29 is 9.63 Å². The second-order valence-corrected chi connectivity index (χ2v) is 6.27. The van der Waals surface area contributed by atoms with E-state index < -0.39 is 0 Å². The van der Waals surface area contributed by atoms with Gasteiger partial charge in [-0.15, -0.1) is 0 Å². The lowest BCUT2D eigenvalue weighted by molar-refractivity contribution is -0.162.